The number of H-pyrrole nitrogens is 1. The fourth-order valence-electron chi connectivity index (χ4n) is 2.82. The van der Waals surface area contributed by atoms with Crippen molar-refractivity contribution in [1.29, 1.82) is 0 Å². The Hall–Kier alpha value is -3.02. The molecule has 0 fully saturated rings. The van der Waals surface area contributed by atoms with Gasteiger partial charge in [0.25, 0.3) is 5.91 Å². The van der Waals surface area contributed by atoms with Gasteiger partial charge in [0, 0.05) is 11.9 Å². The van der Waals surface area contributed by atoms with Gasteiger partial charge < -0.3 is 14.8 Å². The van der Waals surface area contributed by atoms with E-state index in [-0.39, 0.29) is 5.91 Å². The van der Waals surface area contributed by atoms with Gasteiger partial charge in [-0.25, -0.2) is 0 Å². The van der Waals surface area contributed by atoms with E-state index in [1.54, 1.807) is 12.3 Å². The van der Waals surface area contributed by atoms with Crippen molar-refractivity contribution in [2.45, 2.75) is 20.3 Å². The normalized spacial score (nSPS) is 10.7. The molecule has 0 aliphatic rings. The zero-order valence-corrected chi connectivity index (χ0v) is 15.0. The quantitative estimate of drug-likeness (QED) is 0.651. The molecule has 0 saturated carbocycles. The molecule has 0 unspecified atom stereocenters. The number of nitrogens with zero attached hydrogens (tertiary/aromatic N) is 1. The van der Waals surface area contributed by atoms with Crippen LogP contribution in [0.25, 0.3) is 10.9 Å². The summed E-state index contributed by atoms with van der Waals surface area (Å²) >= 11 is 0. The molecule has 3 rings (SSSR count). The Bertz CT molecular complexity index is 889. The van der Waals surface area contributed by atoms with Gasteiger partial charge in [-0.1, -0.05) is 18.2 Å². The van der Waals surface area contributed by atoms with Gasteiger partial charge in [0.15, 0.2) is 11.5 Å². The predicted octanol–water partition coefficient (Wildman–Crippen LogP) is 3.33. The van der Waals surface area contributed by atoms with E-state index in [9.17, 15) is 4.79 Å². The Balaban J connectivity index is 1.63. The molecule has 2 N–H and O–H groups in total. The summed E-state index contributed by atoms with van der Waals surface area (Å²) in [6.45, 7) is 5.59. The van der Waals surface area contributed by atoms with Crippen LogP contribution >= 0.6 is 0 Å². The molecule has 0 aliphatic carbocycles. The van der Waals surface area contributed by atoms with Crippen LogP contribution in [0.4, 0.5) is 0 Å². The fourth-order valence-corrected chi connectivity index (χ4v) is 2.82. The lowest BCUT2D eigenvalue weighted by molar-refractivity contribution is 0.0955. The van der Waals surface area contributed by atoms with E-state index in [1.807, 2.05) is 44.2 Å². The molecule has 26 heavy (non-hydrogen) atoms. The van der Waals surface area contributed by atoms with Gasteiger partial charge in [-0.05, 0) is 44.0 Å². The predicted molar refractivity (Wildman–Crippen MR) is 101 cm³/mol. The third-order valence-corrected chi connectivity index (χ3v) is 4.03. The lowest BCUT2D eigenvalue weighted by Crippen LogP contribution is -2.26. The van der Waals surface area contributed by atoms with Crippen molar-refractivity contribution in [3.05, 3.63) is 53.7 Å². The van der Waals surface area contributed by atoms with Crippen molar-refractivity contribution < 1.29 is 14.3 Å². The summed E-state index contributed by atoms with van der Waals surface area (Å²) < 4.78 is 11.2. The highest BCUT2D eigenvalue weighted by Gasteiger charge is 2.11. The third kappa shape index (κ3) is 3.96. The smallest absolute Gasteiger partial charge is 0.253 e. The number of nitrogens with one attached hydrogen (secondary N) is 2. The molecule has 0 aliphatic heterocycles. The van der Waals surface area contributed by atoms with Crippen LogP contribution in [0.15, 0.2) is 42.6 Å². The third-order valence-electron chi connectivity index (χ3n) is 4.03. The van der Waals surface area contributed by atoms with Crippen LogP contribution in [-0.4, -0.2) is 35.9 Å². The van der Waals surface area contributed by atoms with Crippen molar-refractivity contribution >= 4 is 16.8 Å². The SMILES string of the molecule is CCOc1ccc(CCNC(=O)c2cccc3cn[nH]c23)cc1OCC. The first-order valence-corrected chi connectivity index (χ1v) is 8.81. The van der Waals surface area contributed by atoms with Crippen molar-refractivity contribution in [1.82, 2.24) is 15.5 Å². The van der Waals surface area contributed by atoms with Crippen molar-refractivity contribution in [2.24, 2.45) is 0 Å². The fraction of sp³-hybridized carbons (Fsp3) is 0.300. The number of hydrogen-bond donors (Lipinski definition) is 2. The molecule has 136 valence electrons. The Labute approximate surface area is 152 Å². The van der Waals surface area contributed by atoms with Gasteiger partial charge in [-0.15, -0.1) is 0 Å². The summed E-state index contributed by atoms with van der Waals surface area (Å²) in [4.78, 5) is 12.5. The minimum absolute atomic E-state index is 0.115. The molecular weight excluding hydrogens is 330 g/mol. The van der Waals surface area contributed by atoms with Gasteiger partial charge in [0.05, 0.1) is 30.5 Å². The van der Waals surface area contributed by atoms with E-state index in [0.29, 0.717) is 31.7 Å². The average molecular weight is 353 g/mol. The minimum atomic E-state index is -0.115. The van der Waals surface area contributed by atoms with Crippen molar-refractivity contribution in [3.63, 3.8) is 0 Å². The maximum Gasteiger partial charge on any atom is 0.253 e. The molecule has 6 nitrogen and oxygen atoms in total. The Morgan fingerprint density at radius 3 is 2.73 bits per heavy atom. The van der Waals surface area contributed by atoms with Crippen LogP contribution in [0.2, 0.25) is 0 Å². The highest BCUT2D eigenvalue weighted by Crippen LogP contribution is 2.28. The molecule has 1 aromatic heterocycles. The number of ether oxygens (including phenoxy) is 2. The lowest BCUT2D eigenvalue weighted by atomic mass is 10.1. The second-order valence-electron chi connectivity index (χ2n) is 5.79. The van der Waals surface area contributed by atoms with Crippen LogP contribution < -0.4 is 14.8 Å². The minimum Gasteiger partial charge on any atom is -0.490 e. The summed E-state index contributed by atoms with van der Waals surface area (Å²) in [6, 6.07) is 11.4. The maximum absolute atomic E-state index is 12.5. The van der Waals surface area contributed by atoms with E-state index in [1.165, 1.54) is 0 Å². The van der Waals surface area contributed by atoms with E-state index in [0.717, 1.165) is 28.0 Å². The van der Waals surface area contributed by atoms with Gasteiger partial charge in [-0.3, -0.25) is 9.89 Å². The molecule has 0 atom stereocenters. The second-order valence-corrected chi connectivity index (χ2v) is 5.79. The van der Waals surface area contributed by atoms with Gasteiger partial charge in [0.1, 0.15) is 0 Å². The Morgan fingerprint density at radius 2 is 1.92 bits per heavy atom. The molecule has 3 aromatic rings. The van der Waals surface area contributed by atoms with Crippen LogP contribution in [0.5, 0.6) is 11.5 Å². The van der Waals surface area contributed by atoms with Crippen LogP contribution in [0.3, 0.4) is 0 Å². The van der Waals surface area contributed by atoms with Crippen molar-refractivity contribution in [2.75, 3.05) is 19.8 Å². The number of para-hydroxylation sites is 1. The Morgan fingerprint density at radius 1 is 1.12 bits per heavy atom. The standard InChI is InChI=1S/C20H23N3O3/c1-3-25-17-9-8-14(12-18(17)26-4-2)10-11-21-20(24)16-7-5-6-15-13-22-23-19(15)16/h5-9,12-13H,3-4,10-11H2,1-2H3,(H,21,24)(H,22,23). The molecule has 0 saturated heterocycles. The van der Waals surface area contributed by atoms with E-state index >= 15 is 0 Å². The molecule has 0 bridgehead atoms. The van der Waals surface area contributed by atoms with Gasteiger partial charge >= 0.3 is 0 Å². The first-order chi connectivity index (χ1) is 12.7. The van der Waals surface area contributed by atoms with Crippen LogP contribution in [0.1, 0.15) is 29.8 Å². The first kappa shape index (κ1) is 17.8. The number of hydrogen-bond acceptors (Lipinski definition) is 4. The number of aromatic amines is 1. The maximum atomic E-state index is 12.5. The summed E-state index contributed by atoms with van der Waals surface area (Å²) in [6.07, 6.45) is 2.42. The molecule has 6 heteroatoms. The number of amides is 1. The van der Waals surface area contributed by atoms with E-state index in [2.05, 4.69) is 15.5 Å². The van der Waals surface area contributed by atoms with E-state index in [4.69, 9.17) is 9.47 Å². The molecule has 0 radical (unpaired) electrons. The van der Waals surface area contributed by atoms with Gasteiger partial charge in [-0.2, -0.15) is 5.10 Å². The number of rotatable bonds is 8. The number of benzene rings is 2. The topological polar surface area (TPSA) is 76.2 Å². The molecule has 0 spiro atoms. The highest BCUT2D eigenvalue weighted by atomic mass is 16.5. The summed E-state index contributed by atoms with van der Waals surface area (Å²) in [5.74, 6) is 1.37. The number of carbonyl (C=O) groups is 1. The zero-order valence-electron chi connectivity index (χ0n) is 15.0. The molecule has 1 amide bonds. The molecular formula is C20H23N3O3. The number of carbonyl (C=O) groups excluding carboxylic acids is 1. The second kappa shape index (κ2) is 8.38. The first-order valence-electron chi connectivity index (χ1n) is 8.81. The summed E-state index contributed by atoms with van der Waals surface area (Å²) in [5, 5.41) is 10.8. The number of fused-ring (bicyclic) bond motifs is 1. The zero-order chi connectivity index (χ0) is 18.4. The molecule has 2 aromatic carbocycles. The molecule has 1 heterocycles. The van der Waals surface area contributed by atoms with Crippen molar-refractivity contribution in [3.8, 4) is 11.5 Å². The number of aromatic nitrogens is 2. The summed E-state index contributed by atoms with van der Waals surface area (Å²) in [7, 11) is 0. The van der Waals surface area contributed by atoms with E-state index < -0.39 is 0 Å². The Kier molecular flexibility index (Phi) is 5.73. The highest BCUT2D eigenvalue weighted by molar-refractivity contribution is 6.05. The lowest BCUT2D eigenvalue weighted by Gasteiger charge is -2.12. The monoisotopic (exact) mass is 353 g/mol. The van der Waals surface area contributed by atoms with Gasteiger partial charge in [0.2, 0.25) is 0 Å². The van der Waals surface area contributed by atoms with Crippen LogP contribution in [0, 0.1) is 0 Å². The summed E-state index contributed by atoms with van der Waals surface area (Å²) in [5.41, 5.74) is 2.43. The van der Waals surface area contributed by atoms with Crippen LogP contribution in [-0.2, 0) is 6.42 Å². The average Bonchev–Trinajstić information content (AvgIpc) is 3.13. The largest absolute Gasteiger partial charge is 0.490 e.